The van der Waals surface area contributed by atoms with Gasteiger partial charge in [-0.15, -0.1) is 0 Å². The molecule has 0 spiro atoms. The van der Waals surface area contributed by atoms with E-state index in [-0.39, 0.29) is 17.9 Å². The highest BCUT2D eigenvalue weighted by atomic mass is 79.9. The Hall–Kier alpha value is -3.58. The minimum atomic E-state index is -0.161. The number of benzene rings is 2. The first-order chi connectivity index (χ1) is 15.1. The van der Waals surface area contributed by atoms with E-state index >= 15 is 0 Å². The molecule has 2 aromatic heterocycles. The van der Waals surface area contributed by atoms with Gasteiger partial charge in [-0.3, -0.25) is 19.1 Å². The van der Waals surface area contributed by atoms with Gasteiger partial charge in [0.15, 0.2) is 5.78 Å². The van der Waals surface area contributed by atoms with Gasteiger partial charge in [0.2, 0.25) is 5.95 Å². The molecule has 0 fully saturated rings. The first kappa shape index (κ1) is 19.4. The highest BCUT2D eigenvalue weighted by molar-refractivity contribution is 9.10. The Bertz CT molecular complexity index is 1350. The van der Waals surface area contributed by atoms with Gasteiger partial charge in [0, 0.05) is 39.7 Å². The molecule has 1 aliphatic heterocycles. The highest BCUT2D eigenvalue weighted by Gasteiger charge is 2.27. The molecule has 7 heteroatoms. The maximum Gasteiger partial charge on any atom is 0.255 e. The third-order valence-electron chi connectivity index (χ3n) is 5.26. The van der Waals surface area contributed by atoms with Gasteiger partial charge in [0.25, 0.3) is 5.56 Å². The Morgan fingerprint density at radius 2 is 1.81 bits per heavy atom. The maximum atomic E-state index is 13.1. The van der Waals surface area contributed by atoms with E-state index in [1.165, 1.54) is 6.07 Å². The third-order valence-corrected chi connectivity index (χ3v) is 5.76. The quantitative estimate of drug-likeness (QED) is 0.410. The second kappa shape index (κ2) is 7.92. The van der Waals surface area contributed by atoms with Crippen LogP contribution in [0.5, 0.6) is 0 Å². The van der Waals surface area contributed by atoms with Gasteiger partial charge in [0.1, 0.15) is 0 Å². The molecule has 5 rings (SSSR count). The molecule has 0 amide bonds. The molecule has 3 heterocycles. The van der Waals surface area contributed by atoms with Crippen molar-refractivity contribution in [2.24, 2.45) is 0 Å². The molecule has 6 nitrogen and oxygen atoms in total. The highest BCUT2D eigenvalue weighted by Crippen LogP contribution is 2.33. The molecule has 0 bridgehead atoms. The van der Waals surface area contributed by atoms with E-state index < -0.39 is 0 Å². The maximum absolute atomic E-state index is 13.1. The molecule has 0 N–H and O–H groups in total. The zero-order valence-electron chi connectivity index (χ0n) is 16.4. The Kier molecular flexibility index (Phi) is 4.95. The van der Waals surface area contributed by atoms with Crippen LogP contribution >= 0.6 is 15.9 Å². The summed E-state index contributed by atoms with van der Waals surface area (Å²) in [5.74, 6) is 0.398. The van der Waals surface area contributed by atoms with Crippen LogP contribution in [0.3, 0.4) is 0 Å². The fraction of sp³-hybridized carbons (Fsp3) is 0.0833. The van der Waals surface area contributed by atoms with Gasteiger partial charge in [-0.2, -0.15) is 0 Å². The van der Waals surface area contributed by atoms with Crippen molar-refractivity contribution in [2.45, 2.75) is 6.54 Å². The molecular formula is C24H17BrN4O2. The average Bonchev–Trinajstić information content (AvgIpc) is 2.80. The number of carbonyl (C=O) groups is 1. The normalized spacial score (nSPS) is 12.2. The summed E-state index contributed by atoms with van der Waals surface area (Å²) in [7, 11) is 0. The van der Waals surface area contributed by atoms with Crippen molar-refractivity contribution >= 4 is 33.3 Å². The molecule has 2 aromatic carbocycles. The molecule has 31 heavy (non-hydrogen) atoms. The van der Waals surface area contributed by atoms with Crippen LogP contribution in [-0.4, -0.2) is 26.9 Å². The molecule has 1 aliphatic rings. The lowest BCUT2D eigenvalue weighted by Gasteiger charge is -2.32. The van der Waals surface area contributed by atoms with Crippen molar-refractivity contribution in [1.29, 1.82) is 0 Å². The SMILES string of the molecule is O=C(CN1c2ccccc2Cn2c1nc(-c1ccncc1)cc2=O)c1cccc(Br)c1. The largest absolute Gasteiger partial charge is 0.304 e. The Morgan fingerprint density at radius 1 is 1.00 bits per heavy atom. The molecule has 4 aromatic rings. The summed E-state index contributed by atoms with van der Waals surface area (Å²) < 4.78 is 2.45. The zero-order chi connectivity index (χ0) is 21.4. The number of pyridine rings is 1. The molecule has 152 valence electrons. The van der Waals surface area contributed by atoms with Gasteiger partial charge in [-0.25, -0.2) is 4.98 Å². The minimum absolute atomic E-state index is 0.0619. The van der Waals surface area contributed by atoms with Crippen LogP contribution in [0.15, 0.2) is 88.4 Å². The van der Waals surface area contributed by atoms with E-state index in [1.807, 2.05) is 53.4 Å². The lowest BCUT2D eigenvalue weighted by Crippen LogP contribution is -2.37. The van der Waals surface area contributed by atoms with Crippen LogP contribution in [0.4, 0.5) is 11.6 Å². The van der Waals surface area contributed by atoms with Crippen molar-refractivity contribution < 1.29 is 4.79 Å². The lowest BCUT2D eigenvalue weighted by molar-refractivity contribution is 0.100. The number of fused-ring (bicyclic) bond motifs is 2. The van der Waals surface area contributed by atoms with E-state index in [2.05, 4.69) is 20.9 Å². The molecular weight excluding hydrogens is 456 g/mol. The number of ketones is 1. The standard InChI is InChI=1S/C24H17BrN4O2/c25-19-6-3-5-17(12-19)22(30)15-28-21-7-2-1-4-18(21)14-29-23(31)13-20(27-24(28)29)16-8-10-26-11-9-16/h1-13H,14-15H2. The number of carbonyl (C=O) groups excluding carboxylic acids is 1. The Morgan fingerprint density at radius 3 is 2.61 bits per heavy atom. The second-order valence-corrected chi connectivity index (χ2v) is 8.17. The average molecular weight is 473 g/mol. The number of rotatable bonds is 4. The number of hydrogen-bond donors (Lipinski definition) is 0. The van der Waals surface area contributed by atoms with Crippen LogP contribution in [-0.2, 0) is 6.54 Å². The number of nitrogens with zero attached hydrogens (tertiary/aromatic N) is 4. The Balaban J connectivity index is 1.63. The van der Waals surface area contributed by atoms with Crippen LogP contribution in [0.1, 0.15) is 15.9 Å². The number of para-hydroxylation sites is 1. The topological polar surface area (TPSA) is 68.1 Å². The van der Waals surface area contributed by atoms with Crippen LogP contribution in [0.2, 0.25) is 0 Å². The second-order valence-electron chi connectivity index (χ2n) is 7.25. The molecule has 0 aliphatic carbocycles. The molecule has 0 saturated carbocycles. The summed E-state index contributed by atoms with van der Waals surface area (Å²) in [6.07, 6.45) is 3.33. The van der Waals surface area contributed by atoms with Gasteiger partial charge < -0.3 is 4.90 Å². The third kappa shape index (κ3) is 3.68. The fourth-order valence-electron chi connectivity index (χ4n) is 3.76. The minimum Gasteiger partial charge on any atom is -0.304 e. The van der Waals surface area contributed by atoms with E-state index in [9.17, 15) is 9.59 Å². The predicted octanol–water partition coefficient (Wildman–Crippen LogP) is 4.45. The smallest absolute Gasteiger partial charge is 0.255 e. The van der Waals surface area contributed by atoms with Crippen LogP contribution < -0.4 is 10.5 Å². The van der Waals surface area contributed by atoms with E-state index in [4.69, 9.17) is 4.98 Å². The van der Waals surface area contributed by atoms with Gasteiger partial charge in [-0.05, 0) is 35.9 Å². The molecule has 0 unspecified atom stereocenters. The zero-order valence-corrected chi connectivity index (χ0v) is 18.0. The summed E-state index contributed by atoms with van der Waals surface area (Å²) in [6, 6.07) is 20.2. The van der Waals surface area contributed by atoms with Crippen molar-refractivity contribution in [3.8, 4) is 11.3 Å². The molecule has 0 saturated heterocycles. The van der Waals surface area contributed by atoms with Crippen molar-refractivity contribution in [3.05, 3.63) is 105 Å². The van der Waals surface area contributed by atoms with Crippen LogP contribution in [0, 0.1) is 0 Å². The number of Topliss-reactive ketones (excluding diaryl/α,β-unsaturated/α-hetero) is 1. The number of hydrogen-bond acceptors (Lipinski definition) is 5. The first-order valence-corrected chi connectivity index (χ1v) is 10.6. The van der Waals surface area contributed by atoms with Crippen molar-refractivity contribution in [1.82, 2.24) is 14.5 Å². The number of anilines is 2. The van der Waals surface area contributed by atoms with E-state index in [0.29, 0.717) is 23.8 Å². The first-order valence-electron chi connectivity index (χ1n) is 9.76. The van der Waals surface area contributed by atoms with E-state index in [0.717, 1.165) is 21.3 Å². The monoisotopic (exact) mass is 472 g/mol. The van der Waals surface area contributed by atoms with Gasteiger partial charge in [-0.1, -0.05) is 46.3 Å². The fourth-order valence-corrected chi connectivity index (χ4v) is 4.16. The summed E-state index contributed by atoms with van der Waals surface area (Å²) in [4.78, 5) is 36.8. The summed E-state index contributed by atoms with van der Waals surface area (Å²) in [5.41, 5.74) is 3.63. The Labute approximate surface area is 187 Å². The van der Waals surface area contributed by atoms with Gasteiger partial charge in [0.05, 0.1) is 18.8 Å². The summed E-state index contributed by atoms with van der Waals surface area (Å²) in [5, 5.41) is 0. The summed E-state index contributed by atoms with van der Waals surface area (Å²) >= 11 is 3.42. The van der Waals surface area contributed by atoms with Gasteiger partial charge >= 0.3 is 0 Å². The van der Waals surface area contributed by atoms with Crippen molar-refractivity contribution in [2.75, 3.05) is 11.4 Å². The van der Waals surface area contributed by atoms with Crippen molar-refractivity contribution in [3.63, 3.8) is 0 Å². The molecule has 0 atom stereocenters. The summed E-state index contributed by atoms with van der Waals surface area (Å²) in [6.45, 7) is 0.481. The van der Waals surface area contributed by atoms with Crippen LogP contribution in [0.25, 0.3) is 11.3 Å². The van der Waals surface area contributed by atoms with E-state index in [1.54, 1.807) is 29.1 Å². The molecule has 0 radical (unpaired) electrons. The predicted molar refractivity (Wildman–Crippen MR) is 123 cm³/mol. The lowest BCUT2D eigenvalue weighted by atomic mass is 10.1. The number of halogens is 1. The number of aromatic nitrogens is 3.